The molecule has 0 heterocycles. The molecule has 150 valence electrons. The Morgan fingerprint density at radius 3 is 2.54 bits per heavy atom. The number of rotatable bonds is 9. The molecule has 0 radical (unpaired) electrons. The molecule has 2 aromatic carbocycles. The van der Waals surface area contributed by atoms with Crippen LogP contribution in [0.4, 0.5) is 0 Å². The van der Waals surface area contributed by atoms with E-state index >= 15 is 0 Å². The fraction of sp³-hybridized carbons (Fsp3) is 0.364. The van der Waals surface area contributed by atoms with Crippen molar-refractivity contribution in [2.75, 3.05) is 20.2 Å². The maximum absolute atomic E-state index is 11.6. The Hall–Kier alpha value is -2.86. The van der Waals surface area contributed by atoms with Gasteiger partial charge in [-0.05, 0) is 42.7 Å². The average Bonchev–Trinajstić information content (AvgIpc) is 2.66. The zero-order chi connectivity index (χ0) is 20.7. The molecule has 1 unspecified atom stereocenters. The minimum Gasteiger partial charge on any atom is -0.496 e. The molecule has 6 heteroatoms. The number of carboxylic acids is 1. The van der Waals surface area contributed by atoms with E-state index < -0.39 is 12.0 Å². The van der Waals surface area contributed by atoms with Gasteiger partial charge in [-0.1, -0.05) is 30.3 Å². The molecule has 6 nitrogen and oxygen atoms in total. The van der Waals surface area contributed by atoms with Crippen LogP contribution in [0.5, 0.6) is 5.75 Å². The van der Waals surface area contributed by atoms with Crippen LogP contribution < -0.4 is 10.1 Å². The zero-order valence-corrected chi connectivity index (χ0v) is 16.9. The smallest absolute Gasteiger partial charge is 0.320 e. The zero-order valence-electron chi connectivity index (χ0n) is 16.9. The van der Waals surface area contributed by atoms with Gasteiger partial charge in [0.2, 0.25) is 5.91 Å². The van der Waals surface area contributed by atoms with Gasteiger partial charge in [0.15, 0.2) is 0 Å². The van der Waals surface area contributed by atoms with Gasteiger partial charge < -0.3 is 15.2 Å². The first-order valence-corrected chi connectivity index (χ1v) is 9.27. The first kappa shape index (κ1) is 21.4. The third-order valence-corrected chi connectivity index (χ3v) is 4.79. The predicted octanol–water partition coefficient (Wildman–Crippen LogP) is 3.08. The SMILES string of the molecule is COc1ccc(-c2ccccc2C)cc1CN(CCNC(C)=O)C(C)C(=O)O. The number of aryl methyl sites for hydroxylation is 1. The number of hydrogen-bond acceptors (Lipinski definition) is 4. The summed E-state index contributed by atoms with van der Waals surface area (Å²) in [4.78, 5) is 24.5. The highest BCUT2D eigenvalue weighted by Crippen LogP contribution is 2.29. The molecule has 0 bridgehead atoms. The van der Waals surface area contributed by atoms with Gasteiger partial charge in [-0.3, -0.25) is 14.5 Å². The molecule has 0 fully saturated rings. The summed E-state index contributed by atoms with van der Waals surface area (Å²) < 4.78 is 5.51. The molecular formula is C22H28N2O4. The third-order valence-electron chi connectivity index (χ3n) is 4.79. The number of benzene rings is 2. The van der Waals surface area contributed by atoms with Crippen molar-refractivity contribution in [2.45, 2.75) is 33.4 Å². The van der Waals surface area contributed by atoms with Crippen molar-refractivity contribution in [3.8, 4) is 16.9 Å². The number of carbonyl (C=O) groups excluding carboxylic acids is 1. The van der Waals surface area contributed by atoms with Gasteiger partial charge in [0.25, 0.3) is 0 Å². The van der Waals surface area contributed by atoms with Gasteiger partial charge in [-0.25, -0.2) is 0 Å². The molecule has 0 aliphatic rings. The standard InChI is InChI=1S/C22H28N2O4/c1-15-7-5-6-8-20(15)18-9-10-21(28-4)19(13-18)14-24(16(2)22(26)27)12-11-23-17(3)25/h5-10,13,16H,11-12,14H2,1-4H3,(H,23,25)(H,26,27). The van der Waals surface area contributed by atoms with Crippen LogP contribution in [-0.4, -0.2) is 48.1 Å². The van der Waals surface area contributed by atoms with E-state index in [2.05, 4.69) is 24.4 Å². The molecule has 0 aliphatic heterocycles. The highest BCUT2D eigenvalue weighted by molar-refractivity contribution is 5.73. The Labute approximate surface area is 166 Å². The number of methoxy groups -OCH3 is 1. The molecule has 0 saturated heterocycles. The van der Waals surface area contributed by atoms with Crippen LogP contribution in [0.15, 0.2) is 42.5 Å². The number of aliphatic carboxylic acids is 1. The van der Waals surface area contributed by atoms with Crippen molar-refractivity contribution in [2.24, 2.45) is 0 Å². The van der Waals surface area contributed by atoms with E-state index in [4.69, 9.17) is 4.74 Å². The van der Waals surface area contributed by atoms with Gasteiger partial charge in [0, 0.05) is 32.1 Å². The van der Waals surface area contributed by atoms with E-state index in [9.17, 15) is 14.7 Å². The van der Waals surface area contributed by atoms with Crippen LogP contribution in [0.1, 0.15) is 25.0 Å². The molecule has 0 spiro atoms. The summed E-state index contributed by atoms with van der Waals surface area (Å²) in [6, 6.07) is 13.4. The summed E-state index contributed by atoms with van der Waals surface area (Å²) in [5.74, 6) is -0.335. The van der Waals surface area contributed by atoms with Gasteiger partial charge in [-0.15, -0.1) is 0 Å². The van der Waals surface area contributed by atoms with E-state index in [1.807, 2.05) is 35.2 Å². The Morgan fingerprint density at radius 1 is 1.21 bits per heavy atom. The second kappa shape index (κ2) is 9.90. The summed E-state index contributed by atoms with van der Waals surface area (Å²) in [6.45, 7) is 6.35. The van der Waals surface area contributed by atoms with Gasteiger partial charge in [0.05, 0.1) is 7.11 Å². The fourth-order valence-electron chi connectivity index (χ4n) is 3.13. The van der Waals surface area contributed by atoms with Gasteiger partial charge >= 0.3 is 5.97 Å². The molecule has 2 aromatic rings. The molecule has 2 rings (SSSR count). The molecule has 1 amide bonds. The number of nitrogens with one attached hydrogen (secondary N) is 1. The van der Waals surface area contributed by atoms with Crippen molar-refractivity contribution in [1.82, 2.24) is 10.2 Å². The number of nitrogens with zero attached hydrogens (tertiary/aromatic N) is 1. The minimum absolute atomic E-state index is 0.137. The summed E-state index contributed by atoms with van der Waals surface area (Å²) >= 11 is 0. The quantitative estimate of drug-likeness (QED) is 0.695. The summed E-state index contributed by atoms with van der Waals surface area (Å²) in [5.41, 5.74) is 4.25. The molecule has 28 heavy (non-hydrogen) atoms. The van der Waals surface area contributed by atoms with Crippen LogP contribution >= 0.6 is 0 Å². The van der Waals surface area contributed by atoms with Crippen LogP contribution in [-0.2, 0) is 16.1 Å². The fourth-order valence-corrected chi connectivity index (χ4v) is 3.13. The summed E-state index contributed by atoms with van der Waals surface area (Å²) in [7, 11) is 1.61. The molecule has 0 aromatic heterocycles. The van der Waals surface area contributed by atoms with E-state index in [0.29, 0.717) is 25.4 Å². The van der Waals surface area contributed by atoms with E-state index in [1.54, 1.807) is 14.0 Å². The molecule has 2 N–H and O–H groups in total. The van der Waals surface area contributed by atoms with Crippen LogP contribution in [0.3, 0.4) is 0 Å². The molecular weight excluding hydrogens is 356 g/mol. The topological polar surface area (TPSA) is 78.9 Å². The Balaban J connectivity index is 2.33. The van der Waals surface area contributed by atoms with Crippen LogP contribution in [0, 0.1) is 6.92 Å². The van der Waals surface area contributed by atoms with E-state index in [-0.39, 0.29) is 5.91 Å². The number of carboxylic acid groups (broad SMARTS) is 1. The van der Waals surface area contributed by atoms with Gasteiger partial charge in [0.1, 0.15) is 11.8 Å². The second-order valence-electron chi connectivity index (χ2n) is 6.81. The first-order valence-electron chi connectivity index (χ1n) is 9.27. The molecule has 1 atom stereocenters. The lowest BCUT2D eigenvalue weighted by Crippen LogP contribution is -2.42. The monoisotopic (exact) mass is 384 g/mol. The van der Waals surface area contributed by atoms with E-state index in [0.717, 1.165) is 16.7 Å². The van der Waals surface area contributed by atoms with Crippen molar-refractivity contribution in [1.29, 1.82) is 0 Å². The maximum atomic E-state index is 11.6. The Kier molecular flexibility index (Phi) is 7.58. The van der Waals surface area contributed by atoms with E-state index in [1.165, 1.54) is 12.5 Å². The van der Waals surface area contributed by atoms with Crippen LogP contribution in [0.2, 0.25) is 0 Å². The lowest BCUT2D eigenvalue weighted by molar-refractivity contribution is -0.142. The van der Waals surface area contributed by atoms with Gasteiger partial charge in [-0.2, -0.15) is 0 Å². The van der Waals surface area contributed by atoms with Crippen LogP contribution in [0.25, 0.3) is 11.1 Å². The maximum Gasteiger partial charge on any atom is 0.320 e. The Morgan fingerprint density at radius 2 is 1.93 bits per heavy atom. The van der Waals surface area contributed by atoms with Crippen molar-refractivity contribution in [3.05, 3.63) is 53.6 Å². The second-order valence-corrected chi connectivity index (χ2v) is 6.81. The highest BCUT2D eigenvalue weighted by Gasteiger charge is 2.22. The van der Waals surface area contributed by atoms with Crippen molar-refractivity contribution >= 4 is 11.9 Å². The number of hydrogen-bond donors (Lipinski definition) is 2. The normalized spacial score (nSPS) is 11.9. The lowest BCUT2D eigenvalue weighted by Gasteiger charge is -2.27. The minimum atomic E-state index is -0.906. The summed E-state index contributed by atoms with van der Waals surface area (Å²) in [6.07, 6.45) is 0. The predicted molar refractivity (Wildman–Crippen MR) is 109 cm³/mol. The lowest BCUT2D eigenvalue weighted by atomic mass is 9.98. The highest BCUT2D eigenvalue weighted by atomic mass is 16.5. The number of carbonyl (C=O) groups is 2. The largest absolute Gasteiger partial charge is 0.496 e. The molecule has 0 saturated carbocycles. The van der Waals surface area contributed by atoms with Crippen molar-refractivity contribution in [3.63, 3.8) is 0 Å². The van der Waals surface area contributed by atoms with Crippen molar-refractivity contribution < 1.29 is 19.4 Å². The molecule has 0 aliphatic carbocycles. The first-order chi connectivity index (χ1) is 13.3. The number of ether oxygens (including phenoxy) is 1. The average molecular weight is 384 g/mol. The summed E-state index contributed by atoms with van der Waals surface area (Å²) in [5, 5.41) is 12.2. The third kappa shape index (κ3) is 5.57. The Bertz CT molecular complexity index is 835. The number of amides is 1.